The van der Waals surface area contributed by atoms with Crippen LogP contribution in [-0.4, -0.2) is 18.4 Å². The van der Waals surface area contributed by atoms with Gasteiger partial charge in [-0.1, -0.05) is 32.4 Å². The number of carbonyl (C=O) groups is 2. The fraction of sp³-hybridized carbons (Fsp3) is 0.391. The van der Waals surface area contributed by atoms with Crippen molar-refractivity contribution in [2.24, 2.45) is 11.7 Å². The number of rotatable bonds is 8. The molecule has 1 aromatic heterocycles. The standard InChI is InChI=1S/C23H28N2O3S/c1-3-4-13-28-17-9-6-16(7-10-17)8-12-20(26)25-23-21(22(24)27)18-11-5-15(2)14-19(18)29-23/h6-10,12,15H,3-5,11,13-14H2,1-2H3,(H2,24,27)(H,25,26)/b12-8+. The molecule has 0 saturated carbocycles. The maximum Gasteiger partial charge on any atom is 0.251 e. The van der Waals surface area contributed by atoms with E-state index in [1.165, 1.54) is 17.4 Å². The van der Waals surface area contributed by atoms with E-state index in [1.54, 1.807) is 6.08 Å². The van der Waals surface area contributed by atoms with Crippen molar-refractivity contribution in [3.05, 3.63) is 51.9 Å². The lowest BCUT2D eigenvalue weighted by molar-refractivity contribution is -0.111. The largest absolute Gasteiger partial charge is 0.494 e. The van der Waals surface area contributed by atoms with Gasteiger partial charge in [-0.2, -0.15) is 0 Å². The smallest absolute Gasteiger partial charge is 0.251 e. The number of thiophene rings is 1. The Morgan fingerprint density at radius 3 is 2.76 bits per heavy atom. The van der Waals surface area contributed by atoms with Gasteiger partial charge in [0.25, 0.3) is 5.91 Å². The highest BCUT2D eigenvalue weighted by molar-refractivity contribution is 7.17. The molecular formula is C23H28N2O3S. The Hall–Kier alpha value is -2.60. The van der Waals surface area contributed by atoms with E-state index in [9.17, 15) is 9.59 Å². The molecule has 0 saturated heterocycles. The summed E-state index contributed by atoms with van der Waals surface area (Å²) in [5, 5.41) is 3.41. The van der Waals surface area contributed by atoms with Gasteiger partial charge in [0.15, 0.2) is 0 Å². The number of anilines is 1. The van der Waals surface area contributed by atoms with Crippen molar-refractivity contribution in [1.82, 2.24) is 0 Å². The van der Waals surface area contributed by atoms with Crippen LogP contribution in [0.4, 0.5) is 5.00 Å². The molecule has 2 aromatic rings. The van der Waals surface area contributed by atoms with Gasteiger partial charge in [0.05, 0.1) is 12.2 Å². The third-order valence-corrected chi connectivity index (χ3v) is 6.24. The minimum Gasteiger partial charge on any atom is -0.494 e. The molecule has 3 N–H and O–H groups in total. The molecule has 1 atom stereocenters. The summed E-state index contributed by atoms with van der Waals surface area (Å²) >= 11 is 1.47. The summed E-state index contributed by atoms with van der Waals surface area (Å²) in [5.74, 6) is 0.654. The van der Waals surface area contributed by atoms with E-state index >= 15 is 0 Å². The van der Waals surface area contributed by atoms with Crippen molar-refractivity contribution in [1.29, 1.82) is 0 Å². The van der Waals surface area contributed by atoms with E-state index in [-0.39, 0.29) is 5.91 Å². The SMILES string of the molecule is CCCCOc1ccc(/C=C/C(=O)Nc2sc3c(c2C(N)=O)CCC(C)C3)cc1. The van der Waals surface area contributed by atoms with Gasteiger partial charge in [0.2, 0.25) is 5.91 Å². The number of ether oxygens (including phenoxy) is 1. The normalized spacial score (nSPS) is 15.9. The molecule has 6 heteroatoms. The zero-order valence-corrected chi connectivity index (χ0v) is 17.8. The number of hydrogen-bond acceptors (Lipinski definition) is 4. The second kappa shape index (κ2) is 9.74. The van der Waals surface area contributed by atoms with Gasteiger partial charge in [0, 0.05) is 11.0 Å². The lowest BCUT2D eigenvalue weighted by Gasteiger charge is -2.18. The third-order valence-electron chi connectivity index (χ3n) is 5.07. The number of fused-ring (bicyclic) bond motifs is 1. The Morgan fingerprint density at radius 2 is 2.07 bits per heavy atom. The maximum atomic E-state index is 12.4. The summed E-state index contributed by atoms with van der Waals surface area (Å²) in [7, 11) is 0. The molecule has 0 aliphatic heterocycles. The van der Waals surface area contributed by atoms with Crippen molar-refractivity contribution in [3.8, 4) is 5.75 Å². The van der Waals surface area contributed by atoms with E-state index < -0.39 is 5.91 Å². The van der Waals surface area contributed by atoms with Crippen LogP contribution >= 0.6 is 11.3 Å². The Morgan fingerprint density at radius 1 is 1.31 bits per heavy atom. The zero-order valence-electron chi connectivity index (χ0n) is 17.0. The second-order valence-electron chi connectivity index (χ2n) is 7.51. The molecule has 1 unspecified atom stereocenters. The van der Waals surface area contributed by atoms with Crippen LogP contribution in [0.3, 0.4) is 0 Å². The third kappa shape index (κ3) is 5.48. The number of hydrogen-bond donors (Lipinski definition) is 2. The summed E-state index contributed by atoms with van der Waals surface area (Å²) in [6.45, 7) is 5.04. The minimum atomic E-state index is -0.477. The molecule has 1 aliphatic carbocycles. The first kappa shape index (κ1) is 21.1. The predicted molar refractivity (Wildman–Crippen MR) is 119 cm³/mol. The van der Waals surface area contributed by atoms with Crippen molar-refractivity contribution in [2.75, 3.05) is 11.9 Å². The maximum absolute atomic E-state index is 12.4. The van der Waals surface area contributed by atoms with Gasteiger partial charge in [-0.25, -0.2) is 0 Å². The van der Waals surface area contributed by atoms with Crippen LogP contribution in [0, 0.1) is 5.92 Å². The van der Waals surface area contributed by atoms with Gasteiger partial charge in [-0.05, 0) is 60.9 Å². The second-order valence-corrected chi connectivity index (χ2v) is 8.62. The molecule has 0 spiro atoms. The van der Waals surface area contributed by atoms with Crippen molar-refractivity contribution in [2.45, 2.75) is 46.0 Å². The van der Waals surface area contributed by atoms with Crippen LogP contribution in [-0.2, 0) is 17.6 Å². The number of primary amides is 1. The van der Waals surface area contributed by atoms with E-state index in [0.717, 1.165) is 53.9 Å². The van der Waals surface area contributed by atoms with Gasteiger partial charge >= 0.3 is 0 Å². The van der Waals surface area contributed by atoms with E-state index in [4.69, 9.17) is 10.5 Å². The predicted octanol–water partition coefficient (Wildman–Crippen LogP) is 4.80. The molecule has 2 amide bonds. The lowest BCUT2D eigenvalue weighted by Crippen LogP contribution is -2.18. The van der Waals surface area contributed by atoms with Gasteiger partial charge < -0.3 is 15.8 Å². The Balaban J connectivity index is 1.65. The molecule has 1 heterocycles. The number of nitrogens with two attached hydrogens (primary N) is 1. The summed E-state index contributed by atoms with van der Waals surface area (Å²) in [4.78, 5) is 25.5. The van der Waals surface area contributed by atoms with Crippen molar-refractivity contribution >= 4 is 34.2 Å². The van der Waals surface area contributed by atoms with E-state index in [2.05, 4.69) is 19.2 Å². The molecule has 5 nitrogen and oxygen atoms in total. The molecule has 0 bridgehead atoms. The van der Waals surface area contributed by atoms with Crippen LogP contribution < -0.4 is 15.8 Å². The molecule has 0 fully saturated rings. The monoisotopic (exact) mass is 412 g/mol. The first-order valence-corrected chi connectivity index (χ1v) is 11.0. The summed E-state index contributed by atoms with van der Waals surface area (Å²) in [5.41, 5.74) is 7.99. The van der Waals surface area contributed by atoms with Gasteiger partial charge in [-0.15, -0.1) is 11.3 Å². The topological polar surface area (TPSA) is 81.4 Å². The number of amides is 2. The number of carbonyl (C=O) groups excluding carboxylic acids is 2. The van der Waals surface area contributed by atoms with E-state index in [1.807, 2.05) is 24.3 Å². The Kier molecular flexibility index (Phi) is 7.09. The summed E-state index contributed by atoms with van der Waals surface area (Å²) in [6, 6.07) is 7.61. The van der Waals surface area contributed by atoms with Crippen LogP contribution in [0.5, 0.6) is 5.75 Å². The molecule has 1 aromatic carbocycles. The fourth-order valence-corrected chi connectivity index (χ4v) is 4.85. The van der Waals surface area contributed by atoms with Gasteiger partial charge in [0.1, 0.15) is 10.8 Å². The highest BCUT2D eigenvalue weighted by Gasteiger charge is 2.26. The van der Waals surface area contributed by atoms with Crippen LogP contribution in [0.1, 0.15) is 59.5 Å². The molecule has 1 aliphatic rings. The van der Waals surface area contributed by atoms with Crippen LogP contribution in [0.15, 0.2) is 30.3 Å². The molecule has 29 heavy (non-hydrogen) atoms. The average Bonchev–Trinajstić information content (AvgIpc) is 3.04. The zero-order chi connectivity index (χ0) is 20.8. The molecule has 3 rings (SSSR count). The quantitative estimate of drug-likeness (QED) is 0.482. The highest BCUT2D eigenvalue weighted by Crippen LogP contribution is 2.39. The van der Waals surface area contributed by atoms with Crippen LogP contribution in [0.2, 0.25) is 0 Å². The number of unbranched alkanes of at least 4 members (excludes halogenated alkanes) is 1. The molecular weight excluding hydrogens is 384 g/mol. The average molecular weight is 413 g/mol. The minimum absolute atomic E-state index is 0.276. The van der Waals surface area contributed by atoms with E-state index in [0.29, 0.717) is 23.1 Å². The Labute approximate surface area is 176 Å². The van der Waals surface area contributed by atoms with Crippen LogP contribution in [0.25, 0.3) is 6.08 Å². The van der Waals surface area contributed by atoms with Crippen molar-refractivity contribution in [3.63, 3.8) is 0 Å². The van der Waals surface area contributed by atoms with Gasteiger partial charge in [-0.3, -0.25) is 9.59 Å². The molecule has 154 valence electrons. The highest BCUT2D eigenvalue weighted by atomic mass is 32.1. The lowest BCUT2D eigenvalue weighted by atomic mass is 9.88. The summed E-state index contributed by atoms with van der Waals surface area (Å²) < 4.78 is 5.64. The first-order chi connectivity index (χ1) is 14.0. The first-order valence-electron chi connectivity index (χ1n) is 10.1. The summed E-state index contributed by atoms with van der Waals surface area (Å²) in [6.07, 6.45) is 8.14. The molecule has 0 radical (unpaired) electrons. The number of benzene rings is 1. The number of nitrogens with one attached hydrogen (secondary N) is 1. The fourth-order valence-electron chi connectivity index (χ4n) is 3.43. The Bertz CT molecular complexity index is 900. The van der Waals surface area contributed by atoms with Crippen molar-refractivity contribution < 1.29 is 14.3 Å².